The SMILES string of the molecule is CN(CC1(O)CCCC1)C(CN)C(C)(C)C. The Labute approximate surface area is 100 Å². The summed E-state index contributed by atoms with van der Waals surface area (Å²) in [6.07, 6.45) is 4.21. The van der Waals surface area contributed by atoms with Gasteiger partial charge in [-0.05, 0) is 25.3 Å². The Morgan fingerprint density at radius 3 is 2.19 bits per heavy atom. The van der Waals surface area contributed by atoms with Crippen LogP contribution in [0.3, 0.4) is 0 Å². The van der Waals surface area contributed by atoms with Crippen LogP contribution in [0.4, 0.5) is 0 Å². The predicted molar refractivity (Wildman–Crippen MR) is 68.3 cm³/mol. The Balaban J connectivity index is 2.59. The van der Waals surface area contributed by atoms with Crippen molar-refractivity contribution < 1.29 is 5.11 Å². The molecule has 0 aromatic heterocycles. The molecule has 16 heavy (non-hydrogen) atoms. The van der Waals surface area contributed by atoms with Crippen LogP contribution in [0.2, 0.25) is 0 Å². The van der Waals surface area contributed by atoms with Crippen molar-refractivity contribution in [2.24, 2.45) is 11.1 Å². The third kappa shape index (κ3) is 3.44. The summed E-state index contributed by atoms with van der Waals surface area (Å²) in [6.45, 7) is 8.03. The topological polar surface area (TPSA) is 49.5 Å². The van der Waals surface area contributed by atoms with Crippen molar-refractivity contribution >= 4 is 0 Å². The maximum Gasteiger partial charge on any atom is 0.0774 e. The van der Waals surface area contributed by atoms with Crippen LogP contribution >= 0.6 is 0 Å². The van der Waals surface area contributed by atoms with Gasteiger partial charge in [0, 0.05) is 19.1 Å². The molecule has 0 bridgehead atoms. The van der Waals surface area contributed by atoms with Gasteiger partial charge in [0.25, 0.3) is 0 Å². The van der Waals surface area contributed by atoms with E-state index in [1.807, 2.05) is 0 Å². The lowest BCUT2D eigenvalue weighted by Crippen LogP contribution is -2.51. The second-order valence-corrected chi connectivity index (χ2v) is 6.46. The molecule has 0 saturated heterocycles. The number of rotatable bonds is 4. The van der Waals surface area contributed by atoms with E-state index in [0.717, 1.165) is 32.2 Å². The van der Waals surface area contributed by atoms with Crippen LogP contribution in [-0.4, -0.2) is 41.8 Å². The van der Waals surface area contributed by atoms with E-state index in [2.05, 4.69) is 32.7 Å². The van der Waals surface area contributed by atoms with Gasteiger partial charge in [-0.2, -0.15) is 0 Å². The van der Waals surface area contributed by atoms with Crippen LogP contribution in [0.25, 0.3) is 0 Å². The standard InChI is InChI=1S/C13H28N2O/c1-12(2,3)11(9-14)15(4)10-13(16)7-5-6-8-13/h11,16H,5-10,14H2,1-4H3. The third-order valence-electron chi connectivity index (χ3n) is 3.83. The number of nitrogens with two attached hydrogens (primary N) is 1. The molecule has 0 spiro atoms. The first-order chi connectivity index (χ1) is 7.28. The number of likely N-dealkylation sites (N-methyl/N-ethyl adjacent to an activating group) is 1. The van der Waals surface area contributed by atoms with Crippen molar-refractivity contribution in [2.45, 2.75) is 58.1 Å². The summed E-state index contributed by atoms with van der Waals surface area (Å²) in [6, 6.07) is 0.331. The molecule has 3 N–H and O–H groups in total. The van der Waals surface area contributed by atoms with Gasteiger partial charge in [-0.3, -0.25) is 4.90 Å². The Bertz CT molecular complexity index is 216. The molecular formula is C13H28N2O. The number of hydrogen-bond donors (Lipinski definition) is 2. The molecule has 1 unspecified atom stereocenters. The van der Waals surface area contributed by atoms with Crippen molar-refractivity contribution in [3.8, 4) is 0 Å². The molecule has 3 nitrogen and oxygen atoms in total. The highest BCUT2D eigenvalue weighted by Gasteiger charge is 2.36. The first kappa shape index (κ1) is 13.9. The molecule has 0 heterocycles. The molecule has 1 aliphatic carbocycles. The molecule has 0 aromatic rings. The number of nitrogens with zero attached hydrogens (tertiary/aromatic N) is 1. The Kier molecular flexibility index (Phi) is 4.38. The van der Waals surface area contributed by atoms with Gasteiger partial charge in [-0.1, -0.05) is 33.6 Å². The highest BCUT2D eigenvalue weighted by molar-refractivity contribution is 4.91. The summed E-state index contributed by atoms with van der Waals surface area (Å²) in [5.74, 6) is 0. The lowest BCUT2D eigenvalue weighted by atomic mass is 9.85. The van der Waals surface area contributed by atoms with Crippen molar-refractivity contribution in [3.05, 3.63) is 0 Å². The number of hydrogen-bond acceptors (Lipinski definition) is 3. The van der Waals surface area contributed by atoms with Crippen molar-refractivity contribution in [3.63, 3.8) is 0 Å². The van der Waals surface area contributed by atoms with E-state index >= 15 is 0 Å². The molecule has 0 amide bonds. The zero-order chi connectivity index (χ0) is 12.4. The average Bonchev–Trinajstić information content (AvgIpc) is 2.49. The number of aliphatic hydroxyl groups is 1. The molecule has 1 saturated carbocycles. The highest BCUT2D eigenvalue weighted by atomic mass is 16.3. The molecule has 1 atom stereocenters. The minimum Gasteiger partial charge on any atom is -0.389 e. The van der Waals surface area contributed by atoms with Gasteiger partial charge < -0.3 is 10.8 Å². The van der Waals surface area contributed by atoms with Crippen LogP contribution in [0.5, 0.6) is 0 Å². The molecule has 1 rings (SSSR count). The first-order valence-electron chi connectivity index (χ1n) is 6.41. The van der Waals surface area contributed by atoms with E-state index in [1.165, 1.54) is 0 Å². The zero-order valence-electron chi connectivity index (χ0n) is 11.3. The fourth-order valence-corrected chi connectivity index (χ4v) is 2.96. The van der Waals surface area contributed by atoms with Crippen molar-refractivity contribution in [2.75, 3.05) is 20.1 Å². The van der Waals surface area contributed by atoms with Crippen molar-refractivity contribution in [1.29, 1.82) is 0 Å². The molecule has 96 valence electrons. The maximum atomic E-state index is 10.4. The second-order valence-electron chi connectivity index (χ2n) is 6.46. The minimum atomic E-state index is -0.465. The van der Waals surface area contributed by atoms with Crippen LogP contribution in [0.15, 0.2) is 0 Å². The quantitative estimate of drug-likeness (QED) is 0.768. The summed E-state index contributed by atoms with van der Waals surface area (Å²) < 4.78 is 0. The third-order valence-corrected chi connectivity index (χ3v) is 3.83. The van der Waals surface area contributed by atoms with Crippen LogP contribution in [0, 0.1) is 5.41 Å². The van der Waals surface area contributed by atoms with E-state index < -0.39 is 5.60 Å². The van der Waals surface area contributed by atoms with E-state index in [9.17, 15) is 5.11 Å². The fraction of sp³-hybridized carbons (Fsp3) is 1.00. The summed E-state index contributed by atoms with van der Waals surface area (Å²) in [7, 11) is 2.08. The van der Waals surface area contributed by atoms with Gasteiger partial charge in [-0.25, -0.2) is 0 Å². The molecule has 3 heteroatoms. The van der Waals surface area contributed by atoms with E-state index in [0.29, 0.717) is 12.6 Å². The summed E-state index contributed by atoms with van der Waals surface area (Å²) in [5.41, 5.74) is 5.55. The average molecular weight is 228 g/mol. The van der Waals surface area contributed by atoms with E-state index in [1.54, 1.807) is 0 Å². The smallest absolute Gasteiger partial charge is 0.0774 e. The van der Waals surface area contributed by atoms with E-state index in [-0.39, 0.29) is 5.41 Å². The van der Waals surface area contributed by atoms with Crippen LogP contribution in [0.1, 0.15) is 46.5 Å². The van der Waals surface area contributed by atoms with Gasteiger partial charge in [0.2, 0.25) is 0 Å². The van der Waals surface area contributed by atoms with Gasteiger partial charge in [-0.15, -0.1) is 0 Å². The second kappa shape index (κ2) is 5.03. The van der Waals surface area contributed by atoms with Gasteiger partial charge in [0.1, 0.15) is 0 Å². The lowest BCUT2D eigenvalue weighted by Gasteiger charge is -2.40. The lowest BCUT2D eigenvalue weighted by molar-refractivity contribution is -0.00872. The minimum absolute atomic E-state index is 0.165. The summed E-state index contributed by atoms with van der Waals surface area (Å²) in [5, 5.41) is 10.4. The van der Waals surface area contributed by atoms with Gasteiger partial charge in [0.05, 0.1) is 5.60 Å². The molecule has 1 fully saturated rings. The maximum absolute atomic E-state index is 10.4. The normalized spacial score (nSPS) is 22.7. The molecule has 1 aliphatic rings. The Morgan fingerprint density at radius 2 is 1.81 bits per heavy atom. The predicted octanol–water partition coefficient (Wildman–Crippen LogP) is 1.60. The van der Waals surface area contributed by atoms with Gasteiger partial charge in [0.15, 0.2) is 0 Å². The Morgan fingerprint density at radius 1 is 1.31 bits per heavy atom. The van der Waals surface area contributed by atoms with Crippen LogP contribution in [-0.2, 0) is 0 Å². The first-order valence-corrected chi connectivity index (χ1v) is 6.41. The Hall–Kier alpha value is -0.120. The van der Waals surface area contributed by atoms with Crippen LogP contribution < -0.4 is 5.73 Å². The largest absolute Gasteiger partial charge is 0.389 e. The fourth-order valence-electron chi connectivity index (χ4n) is 2.96. The van der Waals surface area contributed by atoms with Gasteiger partial charge >= 0.3 is 0 Å². The van der Waals surface area contributed by atoms with Crippen molar-refractivity contribution in [1.82, 2.24) is 4.90 Å². The highest BCUT2D eigenvalue weighted by Crippen LogP contribution is 2.32. The summed E-state index contributed by atoms with van der Waals surface area (Å²) in [4.78, 5) is 2.24. The molecule has 0 aromatic carbocycles. The molecule has 0 radical (unpaired) electrons. The summed E-state index contributed by atoms with van der Waals surface area (Å²) >= 11 is 0. The zero-order valence-corrected chi connectivity index (χ0v) is 11.3. The molecular weight excluding hydrogens is 200 g/mol. The van der Waals surface area contributed by atoms with E-state index in [4.69, 9.17) is 5.73 Å². The molecule has 0 aliphatic heterocycles. The monoisotopic (exact) mass is 228 g/mol.